The van der Waals surface area contributed by atoms with Crippen LogP contribution in [0.15, 0.2) is 0 Å². The summed E-state index contributed by atoms with van der Waals surface area (Å²) in [6, 6.07) is 0. The third-order valence-corrected chi connectivity index (χ3v) is 3.76. The molecule has 16 heavy (non-hydrogen) atoms. The minimum absolute atomic E-state index is 0.130. The number of ether oxygens (including phenoxy) is 1. The molecule has 0 bridgehead atoms. The van der Waals surface area contributed by atoms with Crippen molar-refractivity contribution in [1.82, 2.24) is 0 Å². The predicted octanol–water partition coefficient (Wildman–Crippen LogP) is 3.52. The zero-order chi connectivity index (χ0) is 11.8. The van der Waals surface area contributed by atoms with E-state index < -0.39 is 0 Å². The van der Waals surface area contributed by atoms with Gasteiger partial charge in [-0.25, -0.2) is 0 Å². The summed E-state index contributed by atoms with van der Waals surface area (Å²) in [7, 11) is 0. The number of rotatable bonds is 8. The Morgan fingerprint density at radius 1 is 1.19 bits per heavy atom. The van der Waals surface area contributed by atoms with Crippen molar-refractivity contribution in [2.75, 3.05) is 6.61 Å². The van der Waals surface area contributed by atoms with E-state index >= 15 is 0 Å². The van der Waals surface area contributed by atoms with E-state index in [0.29, 0.717) is 12.0 Å². The van der Waals surface area contributed by atoms with E-state index in [1.807, 2.05) is 0 Å². The average Bonchev–Trinajstić information content (AvgIpc) is 2.76. The van der Waals surface area contributed by atoms with Gasteiger partial charge in [0, 0.05) is 12.5 Å². The van der Waals surface area contributed by atoms with Gasteiger partial charge >= 0.3 is 0 Å². The largest absolute Gasteiger partial charge is 0.393 e. The number of aliphatic hydroxyl groups is 1. The lowest BCUT2D eigenvalue weighted by atomic mass is 9.90. The lowest BCUT2D eigenvalue weighted by molar-refractivity contribution is 0.0268. The lowest BCUT2D eigenvalue weighted by Crippen LogP contribution is -2.27. The molecule has 0 radical (unpaired) electrons. The second-order valence-electron chi connectivity index (χ2n) is 5.04. The van der Waals surface area contributed by atoms with Crippen molar-refractivity contribution < 1.29 is 9.84 Å². The molecular weight excluding hydrogens is 200 g/mol. The van der Waals surface area contributed by atoms with Gasteiger partial charge in [-0.15, -0.1) is 0 Å². The molecule has 3 unspecified atom stereocenters. The summed E-state index contributed by atoms with van der Waals surface area (Å²) in [5, 5.41) is 10.1. The maximum atomic E-state index is 10.1. The standard InChI is InChI=1S/C14H28O2/c1-3-5-6-7-8-9-13(15)12-10-11-16-14(12)4-2/h12-15H,3-11H2,1-2H3. The molecule has 3 atom stereocenters. The van der Waals surface area contributed by atoms with E-state index in [1.54, 1.807) is 0 Å². The molecule has 0 spiro atoms. The van der Waals surface area contributed by atoms with E-state index in [2.05, 4.69) is 13.8 Å². The molecule has 1 rings (SSSR count). The van der Waals surface area contributed by atoms with Crippen LogP contribution in [0.25, 0.3) is 0 Å². The summed E-state index contributed by atoms with van der Waals surface area (Å²) in [4.78, 5) is 0. The number of hydrogen-bond donors (Lipinski definition) is 1. The summed E-state index contributed by atoms with van der Waals surface area (Å²) >= 11 is 0. The fourth-order valence-corrected chi connectivity index (χ4v) is 2.70. The fourth-order valence-electron chi connectivity index (χ4n) is 2.70. The SMILES string of the molecule is CCCCCCCC(O)C1CCOC1CC. The van der Waals surface area contributed by atoms with Crippen LogP contribution in [-0.4, -0.2) is 23.9 Å². The second kappa shape index (κ2) is 8.08. The summed E-state index contributed by atoms with van der Waals surface area (Å²) < 4.78 is 5.62. The average molecular weight is 228 g/mol. The third kappa shape index (κ3) is 4.42. The quantitative estimate of drug-likeness (QED) is 0.644. The van der Waals surface area contributed by atoms with Crippen LogP contribution in [0.2, 0.25) is 0 Å². The smallest absolute Gasteiger partial charge is 0.0626 e. The van der Waals surface area contributed by atoms with Crippen LogP contribution >= 0.6 is 0 Å². The molecule has 0 amide bonds. The minimum atomic E-state index is -0.130. The van der Waals surface area contributed by atoms with Crippen molar-refractivity contribution in [2.24, 2.45) is 5.92 Å². The van der Waals surface area contributed by atoms with Crippen LogP contribution in [-0.2, 0) is 4.74 Å². The molecule has 2 heteroatoms. The Labute approximate surface area is 100 Å². The maximum absolute atomic E-state index is 10.1. The van der Waals surface area contributed by atoms with E-state index in [9.17, 15) is 5.11 Å². The van der Waals surface area contributed by atoms with Gasteiger partial charge < -0.3 is 9.84 Å². The summed E-state index contributed by atoms with van der Waals surface area (Å²) in [6.07, 6.45) is 9.63. The third-order valence-electron chi connectivity index (χ3n) is 3.76. The number of unbranched alkanes of at least 4 members (excludes halogenated alkanes) is 4. The van der Waals surface area contributed by atoms with Crippen molar-refractivity contribution in [3.63, 3.8) is 0 Å². The highest BCUT2D eigenvalue weighted by Gasteiger charge is 2.31. The highest BCUT2D eigenvalue weighted by Crippen LogP contribution is 2.28. The lowest BCUT2D eigenvalue weighted by Gasteiger charge is -2.22. The molecule has 96 valence electrons. The Morgan fingerprint density at radius 3 is 2.62 bits per heavy atom. The van der Waals surface area contributed by atoms with Gasteiger partial charge in [-0.1, -0.05) is 46.0 Å². The van der Waals surface area contributed by atoms with Crippen LogP contribution in [0.5, 0.6) is 0 Å². The minimum Gasteiger partial charge on any atom is -0.393 e. The molecule has 1 heterocycles. The van der Waals surface area contributed by atoms with E-state index in [4.69, 9.17) is 4.74 Å². The van der Waals surface area contributed by atoms with E-state index in [1.165, 1.54) is 32.1 Å². The fraction of sp³-hybridized carbons (Fsp3) is 1.00. The number of hydrogen-bond acceptors (Lipinski definition) is 2. The van der Waals surface area contributed by atoms with Gasteiger partial charge in [0.05, 0.1) is 12.2 Å². The first-order chi connectivity index (χ1) is 7.79. The van der Waals surface area contributed by atoms with Crippen LogP contribution < -0.4 is 0 Å². The van der Waals surface area contributed by atoms with Crippen molar-refractivity contribution in [3.05, 3.63) is 0 Å². The Bertz CT molecular complexity index is 170. The van der Waals surface area contributed by atoms with Crippen LogP contribution in [0.4, 0.5) is 0 Å². The zero-order valence-corrected chi connectivity index (χ0v) is 11.0. The Hall–Kier alpha value is -0.0800. The topological polar surface area (TPSA) is 29.5 Å². The molecule has 1 saturated heterocycles. The monoisotopic (exact) mass is 228 g/mol. The van der Waals surface area contributed by atoms with Crippen molar-refractivity contribution in [3.8, 4) is 0 Å². The Kier molecular flexibility index (Phi) is 7.06. The molecule has 0 saturated carbocycles. The van der Waals surface area contributed by atoms with Crippen molar-refractivity contribution in [1.29, 1.82) is 0 Å². The molecular formula is C14H28O2. The Morgan fingerprint density at radius 2 is 1.94 bits per heavy atom. The van der Waals surface area contributed by atoms with Crippen molar-refractivity contribution >= 4 is 0 Å². The van der Waals surface area contributed by atoms with Crippen molar-refractivity contribution in [2.45, 2.75) is 77.4 Å². The summed E-state index contributed by atoms with van der Waals surface area (Å²) in [6.45, 7) is 5.23. The molecule has 0 aromatic carbocycles. The van der Waals surface area contributed by atoms with Gasteiger partial charge in [-0.2, -0.15) is 0 Å². The van der Waals surface area contributed by atoms with E-state index in [0.717, 1.165) is 25.9 Å². The van der Waals surface area contributed by atoms with Gasteiger partial charge in [0.15, 0.2) is 0 Å². The number of aliphatic hydroxyl groups excluding tert-OH is 1. The first-order valence-electron chi connectivity index (χ1n) is 7.09. The molecule has 0 aromatic rings. The van der Waals surface area contributed by atoms with Crippen LogP contribution in [0, 0.1) is 5.92 Å². The molecule has 1 aliphatic rings. The summed E-state index contributed by atoms with van der Waals surface area (Å²) in [5.41, 5.74) is 0. The Balaban J connectivity index is 2.11. The molecule has 2 nitrogen and oxygen atoms in total. The second-order valence-corrected chi connectivity index (χ2v) is 5.04. The maximum Gasteiger partial charge on any atom is 0.0626 e. The molecule has 1 aliphatic heterocycles. The van der Waals surface area contributed by atoms with Gasteiger partial charge in [-0.05, 0) is 19.3 Å². The van der Waals surface area contributed by atoms with Crippen LogP contribution in [0.3, 0.4) is 0 Å². The first kappa shape index (κ1) is 14.0. The van der Waals surface area contributed by atoms with Gasteiger partial charge in [0.1, 0.15) is 0 Å². The van der Waals surface area contributed by atoms with Gasteiger partial charge in [0.25, 0.3) is 0 Å². The predicted molar refractivity (Wildman–Crippen MR) is 67.5 cm³/mol. The molecule has 0 aromatic heterocycles. The molecule has 1 fully saturated rings. The van der Waals surface area contributed by atoms with Gasteiger partial charge in [-0.3, -0.25) is 0 Å². The zero-order valence-electron chi connectivity index (χ0n) is 11.0. The highest BCUT2D eigenvalue weighted by atomic mass is 16.5. The van der Waals surface area contributed by atoms with Crippen LogP contribution in [0.1, 0.15) is 65.2 Å². The highest BCUT2D eigenvalue weighted by molar-refractivity contribution is 4.81. The van der Waals surface area contributed by atoms with E-state index in [-0.39, 0.29) is 6.10 Å². The summed E-state index contributed by atoms with van der Waals surface area (Å²) in [5.74, 6) is 0.399. The molecule has 1 N–H and O–H groups in total. The molecule has 0 aliphatic carbocycles. The normalized spacial score (nSPS) is 27.2. The first-order valence-corrected chi connectivity index (χ1v) is 7.09. The van der Waals surface area contributed by atoms with Gasteiger partial charge in [0.2, 0.25) is 0 Å².